The van der Waals surface area contributed by atoms with E-state index in [1.54, 1.807) is 11.3 Å². The predicted molar refractivity (Wildman–Crippen MR) is 51.9 cm³/mol. The molecule has 1 heterocycles. The Morgan fingerprint density at radius 1 is 1.64 bits per heavy atom. The fourth-order valence-corrected chi connectivity index (χ4v) is 2.05. The third-order valence-corrected chi connectivity index (χ3v) is 2.85. The molecule has 0 fully saturated rings. The summed E-state index contributed by atoms with van der Waals surface area (Å²) in [5, 5.41) is 2.07. The van der Waals surface area contributed by atoms with Gasteiger partial charge in [0.2, 0.25) is 0 Å². The van der Waals surface area contributed by atoms with E-state index in [0.717, 1.165) is 11.1 Å². The molecular weight excluding hydrogens is 224 g/mol. The molecule has 11 heavy (non-hydrogen) atoms. The van der Waals surface area contributed by atoms with Crippen LogP contribution in [0.1, 0.15) is 18.7 Å². The maximum atomic E-state index is 5.43. The van der Waals surface area contributed by atoms with Gasteiger partial charge in [-0.1, -0.05) is 0 Å². The Morgan fingerprint density at radius 3 is 2.82 bits per heavy atom. The molecule has 0 aliphatic carbocycles. The molecule has 0 N–H and O–H groups in total. The van der Waals surface area contributed by atoms with Crippen LogP contribution < -0.4 is 0 Å². The van der Waals surface area contributed by atoms with Gasteiger partial charge in [-0.25, -0.2) is 0 Å². The summed E-state index contributed by atoms with van der Waals surface area (Å²) in [6.07, 6.45) is 0.316. The maximum absolute atomic E-state index is 5.43. The van der Waals surface area contributed by atoms with Crippen LogP contribution in [0.25, 0.3) is 0 Å². The predicted octanol–water partition coefficient (Wildman–Crippen LogP) is 3.44. The van der Waals surface area contributed by atoms with Gasteiger partial charge in [-0.2, -0.15) is 0 Å². The molecule has 1 aromatic rings. The van der Waals surface area contributed by atoms with E-state index in [9.17, 15) is 0 Å². The van der Waals surface area contributed by atoms with Crippen LogP contribution in [-0.2, 0) is 11.3 Å². The highest BCUT2D eigenvalue weighted by atomic mass is 79.9. The van der Waals surface area contributed by atoms with Crippen molar-refractivity contribution in [2.24, 2.45) is 0 Å². The van der Waals surface area contributed by atoms with Gasteiger partial charge in [-0.3, -0.25) is 0 Å². The highest BCUT2D eigenvalue weighted by molar-refractivity contribution is 9.10. The Hall–Kier alpha value is 0.140. The zero-order valence-electron chi connectivity index (χ0n) is 6.63. The van der Waals surface area contributed by atoms with Crippen LogP contribution in [0, 0.1) is 0 Å². The van der Waals surface area contributed by atoms with Gasteiger partial charge < -0.3 is 4.74 Å². The zero-order valence-corrected chi connectivity index (χ0v) is 9.04. The van der Waals surface area contributed by atoms with Gasteiger partial charge in [0.25, 0.3) is 0 Å². The van der Waals surface area contributed by atoms with Gasteiger partial charge in [0.1, 0.15) is 0 Å². The Balaban J connectivity index is 2.39. The maximum Gasteiger partial charge on any atom is 0.0813 e. The summed E-state index contributed by atoms with van der Waals surface area (Å²) in [5.41, 5.74) is 0. The van der Waals surface area contributed by atoms with E-state index in [1.165, 1.54) is 4.88 Å². The Kier molecular flexibility index (Phi) is 3.55. The third kappa shape index (κ3) is 3.36. The Morgan fingerprint density at radius 2 is 2.36 bits per heavy atom. The van der Waals surface area contributed by atoms with E-state index in [4.69, 9.17) is 4.74 Å². The summed E-state index contributed by atoms with van der Waals surface area (Å²) in [4.78, 5) is 1.27. The van der Waals surface area contributed by atoms with Crippen molar-refractivity contribution in [2.45, 2.75) is 26.6 Å². The number of thiophene rings is 1. The molecule has 0 saturated carbocycles. The molecule has 0 aliphatic rings. The second kappa shape index (κ2) is 4.24. The molecule has 1 rings (SSSR count). The lowest BCUT2D eigenvalue weighted by Gasteiger charge is -2.04. The molecule has 0 bridgehead atoms. The van der Waals surface area contributed by atoms with Crippen LogP contribution in [0.5, 0.6) is 0 Å². The van der Waals surface area contributed by atoms with Crippen molar-refractivity contribution in [3.8, 4) is 0 Å². The first kappa shape index (κ1) is 9.23. The topological polar surface area (TPSA) is 9.23 Å². The standard InChI is InChI=1S/C8H11BrOS/c1-6(2)10-4-8-3-7(9)5-11-8/h3,5-6H,4H2,1-2H3. The summed E-state index contributed by atoms with van der Waals surface area (Å²) in [6, 6.07) is 2.09. The zero-order chi connectivity index (χ0) is 8.27. The Labute approximate surface area is 79.5 Å². The van der Waals surface area contributed by atoms with Gasteiger partial charge in [0, 0.05) is 14.7 Å². The number of ether oxygens (including phenoxy) is 1. The van der Waals surface area contributed by atoms with Crippen LogP contribution in [0.2, 0.25) is 0 Å². The molecule has 0 amide bonds. The minimum atomic E-state index is 0.316. The van der Waals surface area contributed by atoms with Crippen LogP contribution in [0.4, 0.5) is 0 Å². The largest absolute Gasteiger partial charge is 0.373 e. The first-order valence-electron chi connectivity index (χ1n) is 3.53. The van der Waals surface area contributed by atoms with Crippen molar-refractivity contribution >= 4 is 27.3 Å². The second-order valence-electron chi connectivity index (χ2n) is 2.59. The Bertz CT molecular complexity index is 220. The average Bonchev–Trinajstić information content (AvgIpc) is 2.31. The van der Waals surface area contributed by atoms with E-state index in [1.807, 2.05) is 13.8 Å². The van der Waals surface area contributed by atoms with Gasteiger partial charge in [-0.15, -0.1) is 11.3 Å². The first-order chi connectivity index (χ1) is 5.18. The van der Waals surface area contributed by atoms with Gasteiger partial charge in [0.05, 0.1) is 12.7 Å². The lowest BCUT2D eigenvalue weighted by atomic mass is 10.4. The van der Waals surface area contributed by atoms with E-state index in [0.29, 0.717) is 6.10 Å². The van der Waals surface area contributed by atoms with E-state index in [2.05, 4.69) is 27.4 Å². The number of hydrogen-bond donors (Lipinski definition) is 0. The molecule has 1 nitrogen and oxygen atoms in total. The summed E-state index contributed by atoms with van der Waals surface area (Å²) >= 11 is 5.11. The van der Waals surface area contributed by atoms with Gasteiger partial charge >= 0.3 is 0 Å². The quantitative estimate of drug-likeness (QED) is 0.779. The molecule has 0 saturated heterocycles. The van der Waals surface area contributed by atoms with Gasteiger partial charge in [0.15, 0.2) is 0 Å². The summed E-state index contributed by atoms with van der Waals surface area (Å²) in [7, 11) is 0. The summed E-state index contributed by atoms with van der Waals surface area (Å²) < 4.78 is 6.57. The van der Waals surface area contributed by atoms with Crippen molar-refractivity contribution in [2.75, 3.05) is 0 Å². The molecule has 0 radical (unpaired) electrons. The lowest BCUT2D eigenvalue weighted by molar-refractivity contribution is 0.0674. The second-order valence-corrected chi connectivity index (χ2v) is 4.50. The molecule has 0 unspecified atom stereocenters. The summed E-state index contributed by atoms with van der Waals surface area (Å²) in [6.45, 7) is 4.82. The van der Waals surface area contributed by atoms with Crippen molar-refractivity contribution < 1.29 is 4.74 Å². The van der Waals surface area contributed by atoms with Crippen molar-refractivity contribution in [1.29, 1.82) is 0 Å². The SMILES string of the molecule is CC(C)OCc1cc(Br)cs1. The molecule has 62 valence electrons. The minimum absolute atomic E-state index is 0.316. The molecule has 0 aliphatic heterocycles. The fourth-order valence-electron chi connectivity index (χ4n) is 0.678. The molecule has 0 spiro atoms. The lowest BCUT2D eigenvalue weighted by Crippen LogP contribution is -2.00. The van der Waals surface area contributed by atoms with Crippen LogP contribution in [-0.4, -0.2) is 6.10 Å². The summed E-state index contributed by atoms with van der Waals surface area (Å²) in [5.74, 6) is 0. The third-order valence-electron chi connectivity index (χ3n) is 1.18. The van der Waals surface area contributed by atoms with Crippen molar-refractivity contribution in [3.63, 3.8) is 0 Å². The average molecular weight is 235 g/mol. The van der Waals surface area contributed by atoms with Crippen LogP contribution >= 0.6 is 27.3 Å². The minimum Gasteiger partial charge on any atom is -0.373 e. The fraction of sp³-hybridized carbons (Fsp3) is 0.500. The van der Waals surface area contributed by atoms with E-state index < -0.39 is 0 Å². The van der Waals surface area contributed by atoms with Crippen molar-refractivity contribution in [3.05, 3.63) is 20.8 Å². The smallest absolute Gasteiger partial charge is 0.0813 e. The number of halogens is 1. The molecule has 3 heteroatoms. The normalized spacial score (nSPS) is 10.9. The van der Waals surface area contributed by atoms with E-state index in [-0.39, 0.29) is 0 Å². The highest BCUT2D eigenvalue weighted by Gasteiger charge is 1.98. The molecule has 0 atom stereocenters. The highest BCUT2D eigenvalue weighted by Crippen LogP contribution is 2.20. The molecular formula is C8H11BrOS. The van der Waals surface area contributed by atoms with Crippen molar-refractivity contribution in [1.82, 2.24) is 0 Å². The molecule has 1 aromatic heterocycles. The van der Waals surface area contributed by atoms with Gasteiger partial charge in [-0.05, 0) is 35.8 Å². The van der Waals surface area contributed by atoms with Crippen LogP contribution in [0.3, 0.4) is 0 Å². The van der Waals surface area contributed by atoms with Crippen LogP contribution in [0.15, 0.2) is 15.9 Å². The number of rotatable bonds is 3. The van der Waals surface area contributed by atoms with E-state index >= 15 is 0 Å². The number of hydrogen-bond acceptors (Lipinski definition) is 2. The molecule has 0 aromatic carbocycles. The monoisotopic (exact) mass is 234 g/mol. The first-order valence-corrected chi connectivity index (χ1v) is 5.20.